The van der Waals surface area contributed by atoms with E-state index in [0.29, 0.717) is 18.2 Å². The first-order chi connectivity index (χ1) is 10.2. The molecule has 1 aromatic heterocycles. The van der Waals surface area contributed by atoms with Crippen LogP contribution in [0.4, 0.5) is 0 Å². The van der Waals surface area contributed by atoms with Gasteiger partial charge in [-0.3, -0.25) is 4.79 Å². The third-order valence-corrected chi connectivity index (χ3v) is 4.03. The first kappa shape index (κ1) is 14.1. The summed E-state index contributed by atoms with van der Waals surface area (Å²) in [4.78, 5) is 14.6. The summed E-state index contributed by atoms with van der Waals surface area (Å²) in [6.07, 6.45) is 2.61. The summed E-state index contributed by atoms with van der Waals surface area (Å²) >= 11 is 0. The standard InChI is InChI=1S/C17H22N2O2/c1-13(12-19-8-4-5-9-19)11-18-17(20)16-10-14-6-2-3-7-15(14)21-16/h2-3,6-7,10,13H,4-5,8-9,11-12H2,1H3,(H,18,20)/t13-/m0/s1. The molecule has 0 bridgehead atoms. The molecule has 0 aliphatic carbocycles. The maximum absolute atomic E-state index is 12.1. The molecule has 1 aromatic carbocycles. The Hall–Kier alpha value is -1.81. The second-order valence-electron chi connectivity index (χ2n) is 5.97. The number of likely N-dealkylation sites (tertiary alicyclic amines) is 1. The van der Waals surface area contributed by atoms with Crippen molar-refractivity contribution in [1.29, 1.82) is 0 Å². The Kier molecular flexibility index (Phi) is 4.25. The summed E-state index contributed by atoms with van der Waals surface area (Å²) in [6, 6.07) is 9.48. The van der Waals surface area contributed by atoms with Gasteiger partial charge in [0.2, 0.25) is 0 Å². The number of hydrogen-bond donors (Lipinski definition) is 1. The number of fused-ring (bicyclic) bond motifs is 1. The molecule has 1 saturated heterocycles. The lowest BCUT2D eigenvalue weighted by Crippen LogP contribution is -2.34. The van der Waals surface area contributed by atoms with Crippen LogP contribution in [0.25, 0.3) is 11.0 Å². The largest absolute Gasteiger partial charge is 0.451 e. The van der Waals surface area contributed by atoms with Gasteiger partial charge < -0.3 is 14.6 Å². The van der Waals surface area contributed by atoms with Crippen molar-refractivity contribution in [2.75, 3.05) is 26.2 Å². The van der Waals surface area contributed by atoms with Gasteiger partial charge in [0, 0.05) is 18.5 Å². The van der Waals surface area contributed by atoms with Crippen molar-refractivity contribution in [3.05, 3.63) is 36.1 Å². The Balaban J connectivity index is 1.53. The van der Waals surface area contributed by atoms with E-state index in [1.165, 1.54) is 25.9 Å². The van der Waals surface area contributed by atoms with Crippen molar-refractivity contribution in [2.45, 2.75) is 19.8 Å². The second kappa shape index (κ2) is 6.31. The molecule has 0 radical (unpaired) electrons. The number of carbonyl (C=O) groups is 1. The molecule has 0 spiro atoms. The van der Waals surface area contributed by atoms with Gasteiger partial charge in [0.05, 0.1) is 0 Å². The van der Waals surface area contributed by atoms with Gasteiger partial charge in [0.15, 0.2) is 5.76 Å². The first-order valence-electron chi connectivity index (χ1n) is 7.71. The lowest BCUT2D eigenvalue weighted by molar-refractivity contribution is 0.0919. The fourth-order valence-corrected chi connectivity index (χ4v) is 2.92. The highest BCUT2D eigenvalue weighted by Crippen LogP contribution is 2.18. The molecular weight excluding hydrogens is 264 g/mol. The number of rotatable bonds is 5. The van der Waals surface area contributed by atoms with Gasteiger partial charge in [-0.1, -0.05) is 25.1 Å². The molecule has 1 aliphatic heterocycles. The molecule has 2 heterocycles. The van der Waals surface area contributed by atoms with Crippen LogP contribution in [0.5, 0.6) is 0 Å². The molecule has 4 heteroatoms. The Bertz CT molecular complexity index is 581. The van der Waals surface area contributed by atoms with E-state index >= 15 is 0 Å². The Morgan fingerprint density at radius 3 is 2.86 bits per heavy atom. The van der Waals surface area contributed by atoms with E-state index in [1.54, 1.807) is 6.07 Å². The van der Waals surface area contributed by atoms with Crippen LogP contribution in [0.15, 0.2) is 34.7 Å². The zero-order chi connectivity index (χ0) is 14.7. The highest BCUT2D eigenvalue weighted by molar-refractivity contribution is 5.96. The van der Waals surface area contributed by atoms with E-state index in [2.05, 4.69) is 17.1 Å². The summed E-state index contributed by atoms with van der Waals surface area (Å²) in [6.45, 7) is 6.31. The summed E-state index contributed by atoms with van der Waals surface area (Å²) in [7, 11) is 0. The van der Waals surface area contributed by atoms with Crippen LogP contribution in [0, 0.1) is 5.92 Å². The smallest absolute Gasteiger partial charge is 0.287 e. The molecule has 1 N–H and O–H groups in total. The van der Waals surface area contributed by atoms with Crippen LogP contribution >= 0.6 is 0 Å². The van der Waals surface area contributed by atoms with Gasteiger partial charge in [-0.2, -0.15) is 0 Å². The van der Waals surface area contributed by atoms with Crippen LogP contribution in [-0.2, 0) is 0 Å². The van der Waals surface area contributed by atoms with E-state index in [1.807, 2.05) is 24.3 Å². The topological polar surface area (TPSA) is 45.5 Å². The minimum Gasteiger partial charge on any atom is -0.451 e. The third kappa shape index (κ3) is 3.45. The lowest BCUT2D eigenvalue weighted by Gasteiger charge is -2.20. The summed E-state index contributed by atoms with van der Waals surface area (Å²) in [5, 5.41) is 3.94. The molecule has 0 unspecified atom stereocenters. The van der Waals surface area contributed by atoms with Crippen LogP contribution < -0.4 is 5.32 Å². The minimum absolute atomic E-state index is 0.125. The number of hydrogen-bond acceptors (Lipinski definition) is 3. The van der Waals surface area contributed by atoms with Crippen molar-refractivity contribution in [2.24, 2.45) is 5.92 Å². The van der Waals surface area contributed by atoms with Crippen LogP contribution in [-0.4, -0.2) is 37.0 Å². The van der Waals surface area contributed by atoms with Crippen molar-refractivity contribution in [3.8, 4) is 0 Å². The molecule has 21 heavy (non-hydrogen) atoms. The van der Waals surface area contributed by atoms with Crippen molar-refractivity contribution in [1.82, 2.24) is 10.2 Å². The van der Waals surface area contributed by atoms with E-state index < -0.39 is 0 Å². The number of furan rings is 1. The molecule has 1 amide bonds. The maximum Gasteiger partial charge on any atom is 0.287 e. The van der Waals surface area contributed by atoms with Gasteiger partial charge >= 0.3 is 0 Å². The fraction of sp³-hybridized carbons (Fsp3) is 0.471. The molecule has 3 rings (SSSR count). The van der Waals surface area contributed by atoms with Crippen molar-refractivity contribution >= 4 is 16.9 Å². The SMILES string of the molecule is C[C@@H](CNC(=O)c1cc2ccccc2o1)CN1CCCC1. The monoisotopic (exact) mass is 286 g/mol. The number of benzene rings is 1. The summed E-state index contributed by atoms with van der Waals surface area (Å²) in [5.74, 6) is 0.723. The van der Waals surface area contributed by atoms with Gasteiger partial charge in [0.25, 0.3) is 5.91 Å². The fourth-order valence-electron chi connectivity index (χ4n) is 2.92. The van der Waals surface area contributed by atoms with Gasteiger partial charge in [-0.25, -0.2) is 0 Å². The number of carbonyl (C=O) groups excluding carboxylic acids is 1. The summed E-state index contributed by atoms with van der Waals surface area (Å²) < 4.78 is 5.57. The van der Waals surface area contributed by atoms with Crippen LogP contribution in [0.2, 0.25) is 0 Å². The predicted molar refractivity (Wildman–Crippen MR) is 83.4 cm³/mol. The molecule has 2 aromatic rings. The van der Waals surface area contributed by atoms with Gasteiger partial charge in [0.1, 0.15) is 5.58 Å². The number of nitrogens with one attached hydrogen (secondary N) is 1. The Morgan fingerprint density at radius 1 is 1.33 bits per heavy atom. The normalized spacial score (nSPS) is 17.2. The molecule has 1 fully saturated rings. The quantitative estimate of drug-likeness (QED) is 0.919. The van der Waals surface area contributed by atoms with Gasteiger partial charge in [-0.15, -0.1) is 0 Å². The van der Waals surface area contributed by atoms with E-state index in [4.69, 9.17) is 4.42 Å². The van der Waals surface area contributed by atoms with E-state index in [9.17, 15) is 4.79 Å². The van der Waals surface area contributed by atoms with Gasteiger partial charge in [-0.05, 0) is 44.0 Å². The number of amides is 1. The Morgan fingerprint density at radius 2 is 2.10 bits per heavy atom. The van der Waals surface area contributed by atoms with Crippen molar-refractivity contribution < 1.29 is 9.21 Å². The second-order valence-corrected chi connectivity index (χ2v) is 5.97. The average molecular weight is 286 g/mol. The predicted octanol–water partition coefficient (Wildman–Crippen LogP) is 2.89. The minimum atomic E-state index is -0.125. The summed E-state index contributed by atoms with van der Waals surface area (Å²) in [5.41, 5.74) is 0.757. The van der Waals surface area contributed by atoms with Crippen LogP contribution in [0.1, 0.15) is 30.3 Å². The zero-order valence-electron chi connectivity index (χ0n) is 12.5. The Labute approximate surface area is 125 Å². The number of para-hydroxylation sites is 1. The van der Waals surface area contributed by atoms with E-state index in [0.717, 1.165) is 17.5 Å². The number of nitrogens with zero attached hydrogens (tertiary/aromatic N) is 1. The average Bonchev–Trinajstić information content (AvgIpc) is 3.13. The zero-order valence-corrected chi connectivity index (χ0v) is 12.5. The third-order valence-electron chi connectivity index (χ3n) is 4.03. The highest BCUT2D eigenvalue weighted by atomic mass is 16.3. The molecular formula is C17H22N2O2. The lowest BCUT2D eigenvalue weighted by atomic mass is 10.1. The molecule has 1 aliphatic rings. The molecule has 1 atom stereocenters. The first-order valence-corrected chi connectivity index (χ1v) is 7.71. The maximum atomic E-state index is 12.1. The van der Waals surface area contributed by atoms with E-state index in [-0.39, 0.29) is 5.91 Å². The van der Waals surface area contributed by atoms with Crippen molar-refractivity contribution in [3.63, 3.8) is 0 Å². The molecule has 0 saturated carbocycles. The highest BCUT2D eigenvalue weighted by Gasteiger charge is 2.16. The van der Waals surface area contributed by atoms with Crippen LogP contribution in [0.3, 0.4) is 0 Å². The molecule has 112 valence electrons. The molecule has 4 nitrogen and oxygen atoms in total.